The molecule has 3 heteroatoms. The lowest BCUT2D eigenvalue weighted by molar-refractivity contribution is -0.144. The topological polar surface area (TPSA) is 38.7 Å². The van der Waals surface area contributed by atoms with Crippen LogP contribution in [-0.2, 0) is 9.53 Å². The molecular formula is C14H17NO2. The van der Waals surface area contributed by atoms with Gasteiger partial charge in [-0.15, -0.1) is 0 Å². The maximum atomic E-state index is 11.6. The standard InChI is InChI=1S/C14H17NO2/c1-10(2)8-12-14(16)17-9-13(15-12)11-6-4-3-5-7-11/h3-7,10,12H,8-9H2,1-2H3. The van der Waals surface area contributed by atoms with Gasteiger partial charge in [0.1, 0.15) is 12.6 Å². The van der Waals surface area contributed by atoms with Crippen molar-refractivity contribution in [1.82, 2.24) is 0 Å². The molecule has 0 aliphatic carbocycles. The first-order valence-corrected chi connectivity index (χ1v) is 5.95. The third-order valence-electron chi connectivity index (χ3n) is 2.74. The van der Waals surface area contributed by atoms with Gasteiger partial charge in [-0.1, -0.05) is 44.2 Å². The van der Waals surface area contributed by atoms with Crippen LogP contribution in [0.4, 0.5) is 0 Å². The van der Waals surface area contributed by atoms with Crippen molar-refractivity contribution in [3.8, 4) is 0 Å². The van der Waals surface area contributed by atoms with Crippen LogP contribution in [0, 0.1) is 5.92 Å². The van der Waals surface area contributed by atoms with E-state index in [0.29, 0.717) is 5.92 Å². The first-order chi connectivity index (χ1) is 8.16. The van der Waals surface area contributed by atoms with Gasteiger partial charge in [0.05, 0.1) is 5.71 Å². The molecule has 1 aromatic rings. The minimum atomic E-state index is -0.334. The summed E-state index contributed by atoms with van der Waals surface area (Å²) in [5, 5.41) is 0. The predicted molar refractivity (Wildman–Crippen MR) is 67.2 cm³/mol. The van der Waals surface area contributed by atoms with Crippen molar-refractivity contribution in [2.75, 3.05) is 6.61 Å². The summed E-state index contributed by atoms with van der Waals surface area (Å²) >= 11 is 0. The molecule has 1 aliphatic rings. The van der Waals surface area contributed by atoms with E-state index in [1.807, 2.05) is 30.3 Å². The molecule has 0 radical (unpaired) electrons. The molecular weight excluding hydrogens is 214 g/mol. The molecule has 1 heterocycles. The maximum absolute atomic E-state index is 11.6. The van der Waals surface area contributed by atoms with E-state index in [1.165, 1.54) is 0 Å². The van der Waals surface area contributed by atoms with E-state index < -0.39 is 0 Å². The number of nitrogens with zero attached hydrogens (tertiary/aromatic N) is 1. The van der Waals surface area contributed by atoms with Gasteiger partial charge in [0.15, 0.2) is 0 Å². The average molecular weight is 231 g/mol. The molecule has 0 saturated carbocycles. The monoisotopic (exact) mass is 231 g/mol. The Morgan fingerprint density at radius 2 is 2.06 bits per heavy atom. The van der Waals surface area contributed by atoms with Crippen LogP contribution >= 0.6 is 0 Å². The molecule has 0 aromatic heterocycles. The largest absolute Gasteiger partial charge is 0.458 e. The van der Waals surface area contributed by atoms with Crippen LogP contribution in [0.2, 0.25) is 0 Å². The summed E-state index contributed by atoms with van der Waals surface area (Å²) in [4.78, 5) is 16.1. The lowest BCUT2D eigenvalue weighted by Gasteiger charge is -2.21. The number of esters is 1. The summed E-state index contributed by atoms with van der Waals surface area (Å²) in [6, 6.07) is 9.54. The Hall–Kier alpha value is -1.64. The normalized spacial score (nSPS) is 20.1. The minimum absolute atomic E-state index is 0.196. The van der Waals surface area contributed by atoms with Crippen LogP contribution in [-0.4, -0.2) is 24.3 Å². The molecule has 0 saturated heterocycles. The lowest BCUT2D eigenvalue weighted by Crippen LogP contribution is -2.32. The number of carbonyl (C=O) groups excluding carboxylic acids is 1. The number of ether oxygens (including phenoxy) is 1. The Labute approximate surface area is 102 Å². The first-order valence-electron chi connectivity index (χ1n) is 5.95. The van der Waals surface area contributed by atoms with E-state index in [2.05, 4.69) is 18.8 Å². The fourth-order valence-corrected chi connectivity index (χ4v) is 1.90. The van der Waals surface area contributed by atoms with Crippen molar-refractivity contribution in [2.45, 2.75) is 26.3 Å². The van der Waals surface area contributed by atoms with Crippen molar-refractivity contribution < 1.29 is 9.53 Å². The van der Waals surface area contributed by atoms with Crippen molar-refractivity contribution in [3.05, 3.63) is 35.9 Å². The van der Waals surface area contributed by atoms with Gasteiger partial charge in [0.2, 0.25) is 0 Å². The molecule has 1 aromatic carbocycles. The second-order valence-electron chi connectivity index (χ2n) is 4.69. The Bertz CT molecular complexity index is 423. The highest BCUT2D eigenvalue weighted by Crippen LogP contribution is 2.16. The number of hydrogen-bond acceptors (Lipinski definition) is 3. The second kappa shape index (κ2) is 5.13. The highest BCUT2D eigenvalue weighted by Gasteiger charge is 2.26. The predicted octanol–water partition coefficient (Wildman–Crippen LogP) is 2.45. The Morgan fingerprint density at radius 1 is 1.35 bits per heavy atom. The van der Waals surface area contributed by atoms with Gasteiger partial charge in [-0.25, -0.2) is 4.79 Å². The number of cyclic esters (lactones) is 1. The van der Waals surface area contributed by atoms with Crippen LogP contribution in [0.15, 0.2) is 35.3 Å². The third-order valence-corrected chi connectivity index (χ3v) is 2.74. The van der Waals surface area contributed by atoms with Gasteiger partial charge in [-0.2, -0.15) is 0 Å². The van der Waals surface area contributed by atoms with Crippen molar-refractivity contribution in [1.29, 1.82) is 0 Å². The van der Waals surface area contributed by atoms with Crippen molar-refractivity contribution >= 4 is 11.7 Å². The van der Waals surface area contributed by atoms with Gasteiger partial charge in [-0.3, -0.25) is 4.99 Å². The molecule has 3 nitrogen and oxygen atoms in total. The number of rotatable bonds is 3. The first kappa shape index (κ1) is 11.8. The summed E-state index contributed by atoms with van der Waals surface area (Å²) < 4.78 is 5.19. The molecule has 90 valence electrons. The molecule has 17 heavy (non-hydrogen) atoms. The van der Waals surface area contributed by atoms with E-state index in [-0.39, 0.29) is 18.6 Å². The highest BCUT2D eigenvalue weighted by atomic mass is 16.5. The highest BCUT2D eigenvalue weighted by molar-refractivity contribution is 6.05. The molecule has 1 atom stereocenters. The van der Waals surface area contributed by atoms with Gasteiger partial charge >= 0.3 is 5.97 Å². The lowest BCUT2D eigenvalue weighted by atomic mass is 10.0. The van der Waals surface area contributed by atoms with Gasteiger partial charge < -0.3 is 4.74 Å². The summed E-state index contributed by atoms with van der Waals surface area (Å²) in [6.45, 7) is 4.45. The fraction of sp³-hybridized carbons (Fsp3) is 0.429. The summed E-state index contributed by atoms with van der Waals surface area (Å²) in [5.74, 6) is 0.241. The molecule has 0 amide bonds. The van der Waals surface area contributed by atoms with Crippen LogP contribution < -0.4 is 0 Å². The Kier molecular flexibility index (Phi) is 3.57. The summed E-state index contributed by atoms with van der Waals surface area (Å²) in [7, 11) is 0. The summed E-state index contributed by atoms with van der Waals surface area (Å²) in [6.07, 6.45) is 0.745. The third kappa shape index (κ3) is 2.93. The SMILES string of the molecule is CC(C)CC1N=C(c2ccccc2)COC1=O. The molecule has 0 N–H and O–H groups in total. The quantitative estimate of drug-likeness (QED) is 0.749. The van der Waals surface area contributed by atoms with Crippen molar-refractivity contribution in [2.24, 2.45) is 10.9 Å². The Balaban J connectivity index is 2.21. The number of hydrogen-bond donors (Lipinski definition) is 0. The number of carbonyl (C=O) groups is 1. The van der Waals surface area contributed by atoms with Crippen LogP contribution in [0.3, 0.4) is 0 Å². The Morgan fingerprint density at radius 3 is 2.71 bits per heavy atom. The summed E-state index contributed by atoms with van der Waals surface area (Å²) in [5.41, 5.74) is 1.91. The second-order valence-corrected chi connectivity index (χ2v) is 4.69. The van der Waals surface area contributed by atoms with Crippen molar-refractivity contribution in [3.63, 3.8) is 0 Å². The zero-order chi connectivity index (χ0) is 12.3. The molecule has 1 unspecified atom stereocenters. The zero-order valence-corrected chi connectivity index (χ0v) is 10.2. The zero-order valence-electron chi connectivity index (χ0n) is 10.2. The van der Waals surface area contributed by atoms with Gasteiger partial charge in [-0.05, 0) is 17.9 Å². The number of aliphatic imine (C=N–C) groups is 1. The number of benzene rings is 1. The minimum Gasteiger partial charge on any atom is -0.458 e. The van der Waals surface area contributed by atoms with E-state index >= 15 is 0 Å². The molecule has 0 spiro atoms. The van der Waals surface area contributed by atoms with Gasteiger partial charge in [0, 0.05) is 0 Å². The van der Waals surface area contributed by atoms with Crippen LogP contribution in [0.25, 0.3) is 0 Å². The molecule has 1 aliphatic heterocycles. The van der Waals surface area contributed by atoms with E-state index in [4.69, 9.17) is 4.74 Å². The van der Waals surface area contributed by atoms with Gasteiger partial charge in [0.25, 0.3) is 0 Å². The van der Waals surface area contributed by atoms with E-state index in [0.717, 1.165) is 17.7 Å². The smallest absolute Gasteiger partial charge is 0.331 e. The maximum Gasteiger partial charge on any atom is 0.331 e. The van der Waals surface area contributed by atoms with E-state index in [9.17, 15) is 4.79 Å². The molecule has 0 fully saturated rings. The molecule has 0 bridgehead atoms. The molecule has 2 rings (SSSR count). The average Bonchev–Trinajstić information content (AvgIpc) is 2.32. The van der Waals surface area contributed by atoms with Crippen LogP contribution in [0.5, 0.6) is 0 Å². The fourth-order valence-electron chi connectivity index (χ4n) is 1.90. The van der Waals surface area contributed by atoms with E-state index in [1.54, 1.807) is 0 Å². The van der Waals surface area contributed by atoms with Crippen LogP contribution in [0.1, 0.15) is 25.8 Å².